The van der Waals surface area contributed by atoms with E-state index in [2.05, 4.69) is 26.1 Å². The van der Waals surface area contributed by atoms with Crippen molar-refractivity contribution < 1.29 is 33.4 Å². The van der Waals surface area contributed by atoms with Gasteiger partial charge in [0.25, 0.3) is 5.89 Å². The maximum Gasteiger partial charge on any atom is 0.414 e. The first-order valence-corrected chi connectivity index (χ1v) is 9.40. The zero-order valence-corrected chi connectivity index (χ0v) is 16.8. The van der Waals surface area contributed by atoms with Crippen molar-refractivity contribution in [3.8, 4) is 17.4 Å². The molecule has 0 atom stereocenters. The number of carboxylic acids is 2. The first kappa shape index (κ1) is 21.8. The van der Waals surface area contributed by atoms with Crippen molar-refractivity contribution in [1.82, 2.24) is 15.1 Å². The molecule has 11 nitrogen and oxygen atoms in total. The first-order valence-electron chi connectivity index (χ1n) is 9.40. The first-order chi connectivity index (χ1) is 15.0. The predicted molar refractivity (Wildman–Crippen MR) is 108 cm³/mol. The Morgan fingerprint density at radius 2 is 1.74 bits per heavy atom. The number of anilines is 1. The van der Waals surface area contributed by atoms with Crippen LogP contribution >= 0.6 is 0 Å². The molecule has 0 spiro atoms. The van der Waals surface area contributed by atoms with Gasteiger partial charge < -0.3 is 28.7 Å². The summed E-state index contributed by atoms with van der Waals surface area (Å²) in [6, 6.07) is 11.7. The Bertz CT molecular complexity index is 983. The van der Waals surface area contributed by atoms with Crippen LogP contribution in [-0.2, 0) is 16.1 Å². The van der Waals surface area contributed by atoms with E-state index < -0.39 is 11.9 Å². The zero-order chi connectivity index (χ0) is 22.2. The van der Waals surface area contributed by atoms with Gasteiger partial charge in [-0.1, -0.05) is 12.1 Å². The van der Waals surface area contributed by atoms with E-state index >= 15 is 0 Å². The molecule has 0 unspecified atom stereocenters. The second-order valence-corrected chi connectivity index (χ2v) is 6.52. The van der Waals surface area contributed by atoms with Crippen LogP contribution in [0.1, 0.15) is 5.89 Å². The summed E-state index contributed by atoms with van der Waals surface area (Å²) in [5.41, 5.74) is 1.14. The van der Waals surface area contributed by atoms with Crippen LogP contribution in [0.15, 0.2) is 51.5 Å². The molecule has 0 radical (unpaired) electrons. The molecule has 1 fully saturated rings. The van der Waals surface area contributed by atoms with Crippen molar-refractivity contribution in [3.63, 3.8) is 0 Å². The molecular weight excluding hydrogens is 408 g/mol. The van der Waals surface area contributed by atoms with E-state index in [1.807, 2.05) is 24.3 Å². The lowest BCUT2D eigenvalue weighted by atomic mass is 10.2. The topological polar surface area (TPSA) is 142 Å². The van der Waals surface area contributed by atoms with Crippen molar-refractivity contribution in [2.75, 3.05) is 38.2 Å². The highest BCUT2D eigenvalue weighted by Gasteiger charge is 2.21. The summed E-state index contributed by atoms with van der Waals surface area (Å²) in [7, 11) is 1.71. The quantitative estimate of drug-likeness (QED) is 0.572. The molecule has 31 heavy (non-hydrogen) atoms. The molecule has 0 saturated carbocycles. The average Bonchev–Trinajstić information content (AvgIpc) is 3.47. The van der Waals surface area contributed by atoms with E-state index in [0.717, 1.165) is 37.6 Å². The Balaban J connectivity index is 0.000000401. The number of carboxylic acid groups (broad SMARTS) is 2. The summed E-state index contributed by atoms with van der Waals surface area (Å²) in [5, 5.41) is 22.9. The second kappa shape index (κ2) is 10.3. The number of furan rings is 1. The summed E-state index contributed by atoms with van der Waals surface area (Å²) in [6.07, 6.45) is 1.59. The minimum Gasteiger partial charge on any atom is -0.495 e. The number of hydrogen-bond donors (Lipinski definition) is 2. The number of rotatable bonds is 5. The van der Waals surface area contributed by atoms with Gasteiger partial charge in [0.2, 0.25) is 5.89 Å². The van der Waals surface area contributed by atoms with Crippen LogP contribution in [0.4, 0.5) is 5.69 Å². The van der Waals surface area contributed by atoms with Gasteiger partial charge >= 0.3 is 11.9 Å². The lowest BCUT2D eigenvalue weighted by molar-refractivity contribution is -0.159. The van der Waals surface area contributed by atoms with Crippen LogP contribution in [0.3, 0.4) is 0 Å². The number of ether oxygens (including phenoxy) is 1. The van der Waals surface area contributed by atoms with Gasteiger partial charge in [0, 0.05) is 26.2 Å². The van der Waals surface area contributed by atoms with Crippen LogP contribution in [0.25, 0.3) is 11.7 Å². The number of carbonyl (C=O) groups is 2. The van der Waals surface area contributed by atoms with Crippen molar-refractivity contribution in [2.45, 2.75) is 6.54 Å². The van der Waals surface area contributed by atoms with Crippen molar-refractivity contribution >= 4 is 17.6 Å². The van der Waals surface area contributed by atoms with Crippen LogP contribution < -0.4 is 9.64 Å². The van der Waals surface area contributed by atoms with Gasteiger partial charge in [0.05, 0.1) is 25.6 Å². The molecular formula is C20H22N4O7. The molecule has 3 aromatic rings. The summed E-state index contributed by atoms with van der Waals surface area (Å²) >= 11 is 0. The molecule has 3 heterocycles. The van der Waals surface area contributed by atoms with Crippen LogP contribution in [0.5, 0.6) is 5.75 Å². The fraction of sp³-hybridized carbons (Fsp3) is 0.300. The maximum atomic E-state index is 9.10. The van der Waals surface area contributed by atoms with E-state index in [1.165, 1.54) is 0 Å². The molecule has 1 saturated heterocycles. The van der Waals surface area contributed by atoms with E-state index in [-0.39, 0.29) is 0 Å². The second-order valence-electron chi connectivity index (χ2n) is 6.52. The van der Waals surface area contributed by atoms with E-state index in [4.69, 9.17) is 33.4 Å². The number of para-hydroxylation sites is 2. The summed E-state index contributed by atoms with van der Waals surface area (Å²) in [6.45, 7) is 4.36. The number of hydrogen-bond acceptors (Lipinski definition) is 9. The highest BCUT2D eigenvalue weighted by atomic mass is 16.5. The normalized spacial score (nSPS) is 13.9. The van der Waals surface area contributed by atoms with Gasteiger partial charge in [-0.3, -0.25) is 4.90 Å². The molecule has 0 bridgehead atoms. The molecule has 1 aromatic carbocycles. The minimum atomic E-state index is -1.82. The van der Waals surface area contributed by atoms with E-state index in [9.17, 15) is 0 Å². The number of methoxy groups -OCH3 is 1. The van der Waals surface area contributed by atoms with Crippen LogP contribution in [0.2, 0.25) is 0 Å². The summed E-state index contributed by atoms with van der Waals surface area (Å²) in [4.78, 5) is 22.9. The molecule has 164 valence electrons. The Hall–Kier alpha value is -3.86. The third-order valence-electron chi connectivity index (χ3n) is 4.54. The zero-order valence-electron chi connectivity index (χ0n) is 16.8. The third kappa shape index (κ3) is 5.82. The standard InChI is InChI=1S/C18H20N4O3.C2H2O4/c1-23-15-6-3-2-5-14(15)22-10-8-21(9-11-22)13-17-19-20-18(25-17)16-7-4-12-24-16;3-1(4)2(5)6/h2-7,12H,8-11,13H2,1H3;(H,3,4)(H,5,6). The minimum absolute atomic E-state index is 0.424. The van der Waals surface area contributed by atoms with Gasteiger partial charge in [-0.25, -0.2) is 9.59 Å². The molecule has 11 heteroatoms. The third-order valence-corrected chi connectivity index (χ3v) is 4.54. The maximum absolute atomic E-state index is 9.10. The predicted octanol–water partition coefficient (Wildman–Crippen LogP) is 1.82. The van der Waals surface area contributed by atoms with E-state index in [0.29, 0.717) is 24.1 Å². The Morgan fingerprint density at radius 3 is 2.35 bits per heavy atom. The lowest BCUT2D eigenvalue weighted by Crippen LogP contribution is -2.46. The number of aliphatic carboxylic acids is 2. The van der Waals surface area contributed by atoms with Gasteiger partial charge in [-0.05, 0) is 24.3 Å². The SMILES string of the molecule is COc1ccccc1N1CCN(Cc2nnc(-c3ccco3)o2)CC1.O=C(O)C(=O)O. The van der Waals surface area contributed by atoms with Crippen molar-refractivity contribution in [1.29, 1.82) is 0 Å². The molecule has 1 aliphatic rings. The van der Waals surface area contributed by atoms with Gasteiger partial charge in [-0.2, -0.15) is 0 Å². The number of piperazine rings is 1. The number of benzene rings is 1. The van der Waals surface area contributed by atoms with Gasteiger partial charge in [-0.15, -0.1) is 10.2 Å². The van der Waals surface area contributed by atoms with Crippen LogP contribution in [0, 0.1) is 0 Å². The smallest absolute Gasteiger partial charge is 0.414 e. The molecule has 0 aliphatic carbocycles. The summed E-state index contributed by atoms with van der Waals surface area (Å²) in [5.74, 6) is -1.11. The van der Waals surface area contributed by atoms with Crippen LogP contribution in [-0.4, -0.2) is 70.5 Å². The average molecular weight is 430 g/mol. The number of aromatic nitrogens is 2. The van der Waals surface area contributed by atoms with Crippen molar-refractivity contribution in [3.05, 3.63) is 48.6 Å². The highest BCUT2D eigenvalue weighted by molar-refractivity contribution is 6.27. The molecule has 2 aromatic heterocycles. The monoisotopic (exact) mass is 430 g/mol. The van der Waals surface area contributed by atoms with Crippen molar-refractivity contribution in [2.24, 2.45) is 0 Å². The lowest BCUT2D eigenvalue weighted by Gasteiger charge is -2.35. The largest absolute Gasteiger partial charge is 0.495 e. The Kier molecular flexibility index (Phi) is 7.22. The molecule has 4 rings (SSSR count). The highest BCUT2D eigenvalue weighted by Crippen LogP contribution is 2.28. The fourth-order valence-electron chi connectivity index (χ4n) is 3.05. The fourth-order valence-corrected chi connectivity index (χ4v) is 3.05. The van der Waals surface area contributed by atoms with E-state index in [1.54, 1.807) is 19.4 Å². The molecule has 1 aliphatic heterocycles. The number of nitrogens with zero attached hydrogens (tertiary/aromatic N) is 4. The molecule has 2 N–H and O–H groups in total. The van der Waals surface area contributed by atoms with Gasteiger partial charge in [0.1, 0.15) is 5.75 Å². The van der Waals surface area contributed by atoms with Gasteiger partial charge in [0.15, 0.2) is 5.76 Å². The summed E-state index contributed by atoms with van der Waals surface area (Å²) < 4.78 is 16.4. The molecule has 0 amide bonds. The Labute approximate surface area is 177 Å². The Morgan fingerprint density at radius 1 is 1.03 bits per heavy atom.